The summed E-state index contributed by atoms with van der Waals surface area (Å²) < 4.78 is 16.2. The molecule has 2 aliphatic rings. The molecule has 25 heavy (non-hydrogen) atoms. The number of likely N-dealkylation sites (tertiary alicyclic amines) is 1. The lowest BCUT2D eigenvalue weighted by molar-refractivity contribution is 0.0561. The van der Waals surface area contributed by atoms with E-state index in [1.54, 1.807) is 18.2 Å². The molecule has 0 bridgehead atoms. The highest BCUT2D eigenvalue weighted by atomic mass is 16.7. The number of carbonyl (C=O) groups is 1. The summed E-state index contributed by atoms with van der Waals surface area (Å²) in [6.45, 7) is 4.91. The molecule has 0 N–H and O–H groups in total. The van der Waals surface area contributed by atoms with Gasteiger partial charge in [0.25, 0.3) is 5.91 Å². The van der Waals surface area contributed by atoms with Crippen molar-refractivity contribution in [1.82, 2.24) is 15.0 Å². The number of benzene rings is 1. The highest BCUT2D eigenvalue weighted by Gasteiger charge is 2.33. The number of rotatable bonds is 3. The highest BCUT2D eigenvalue weighted by Crippen LogP contribution is 2.35. The van der Waals surface area contributed by atoms with Crippen LogP contribution in [0.15, 0.2) is 22.7 Å². The van der Waals surface area contributed by atoms with E-state index in [9.17, 15) is 4.79 Å². The van der Waals surface area contributed by atoms with Gasteiger partial charge in [0, 0.05) is 18.0 Å². The van der Waals surface area contributed by atoms with Crippen LogP contribution in [0.3, 0.4) is 0 Å². The predicted octanol–water partition coefficient (Wildman–Crippen LogP) is 3.29. The van der Waals surface area contributed by atoms with Crippen molar-refractivity contribution in [1.29, 1.82) is 0 Å². The van der Waals surface area contributed by atoms with Gasteiger partial charge in [-0.15, -0.1) is 0 Å². The van der Waals surface area contributed by atoms with Gasteiger partial charge >= 0.3 is 0 Å². The van der Waals surface area contributed by atoms with Crippen molar-refractivity contribution >= 4 is 5.91 Å². The first kappa shape index (κ1) is 15.9. The van der Waals surface area contributed by atoms with Gasteiger partial charge in [0.2, 0.25) is 12.7 Å². The van der Waals surface area contributed by atoms with Crippen LogP contribution in [0.2, 0.25) is 0 Å². The van der Waals surface area contributed by atoms with E-state index in [1.165, 1.54) is 0 Å². The second-order valence-corrected chi connectivity index (χ2v) is 6.72. The van der Waals surface area contributed by atoms with Gasteiger partial charge in [-0.1, -0.05) is 19.0 Å². The molecule has 0 spiro atoms. The third-order valence-corrected chi connectivity index (χ3v) is 4.64. The number of nitrogens with zero attached hydrogens (tertiary/aromatic N) is 3. The Bertz CT molecular complexity index is 786. The number of piperidine rings is 1. The van der Waals surface area contributed by atoms with Gasteiger partial charge in [0.15, 0.2) is 17.3 Å². The summed E-state index contributed by atoms with van der Waals surface area (Å²) >= 11 is 0. The summed E-state index contributed by atoms with van der Waals surface area (Å²) in [5.74, 6) is 2.63. The summed E-state index contributed by atoms with van der Waals surface area (Å²) in [6.07, 6.45) is 2.84. The molecule has 132 valence electrons. The van der Waals surface area contributed by atoms with Gasteiger partial charge in [-0.25, -0.2) is 0 Å². The molecule has 0 unspecified atom stereocenters. The first-order valence-corrected chi connectivity index (χ1v) is 8.67. The van der Waals surface area contributed by atoms with E-state index < -0.39 is 0 Å². The van der Waals surface area contributed by atoms with Crippen molar-refractivity contribution in [2.45, 2.75) is 45.1 Å². The maximum atomic E-state index is 13.1. The minimum Gasteiger partial charge on any atom is -0.454 e. The maximum Gasteiger partial charge on any atom is 0.254 e. The lowest BCUT2D eigenvalue weighted by Crippen LogP contribution is -2.38. The summed E-state index contributed by atoms with van der Waals surface area (Å²) in [5.41, 5.74) is 0.583. The molecule has 2 aliphatic heterocycles. The van der Waals surface area contributed by atoms with E-state index in [0.29, 0.717) is 35.3 Å². The first-order chi connectivity index (χ1) is 12.1. The van der Waals surface area contributed by atoms with Crippen LogP contribution in [-0.4, -0.2) is 34.3 Å². The number of ether oxygens (including phenoxy) is 2. The Kier molecular flexibility index (Phi) is 4.07. The van der Waals surface area contributed by atoms with Crippen LogP contribution < -0.4 is 9.47 Å². The van der Waals surface area contributed by atoms with Crippen molar-refractivity contribution in [3.05, 3.63) is 35.5 Å². The molecule has 3 heterocycles. The van der Waals surface area contributed by atoms with Gasteiger partial charge < -0.3 is 18.9 Å². The second-order valence-electron chi connectivity index (χ2n) is 6.72. The first-order valence-electron chi connectivity index (χ1n) is 8.67. The molecular formula is C18H21N3O4. The van der Waals surface area contributed by atoms with E-state index in [0.717, 1.165) is 19.3 Å². The molecule has 1 amide bonds. The molecule has 2 aromatic rings. The third kappa shape index (κ3) is 2.94. The van der Waals surface area contributed by atoms with Gasteiger partial charge in [-0.05, 0) is 37.5 Å². The summed E-state index contributed by atoms with van der Waals surface area (Å²) in [6, 6.07) is 5.11. The molecule has 1 saturated heterocycles. The monoisotopic (exact) mass is 343 g/mol. The van der Waals surface area contributed by atoms with Crippen LogP contribution in [0, 0.1) is 0 Å². The van der Waals surface area contributed by atoms with Crippen LogP contribution in [0.25, 0.3) is 0 Å². The van der Waals surface area contributed by atoms with Gasteiger partial charge in [-0.3, -0.25) is 4.79 Å². The molecule has 4 rings (SSSR count). The van der Waals surface area contributed by atoms with Crippen LogP contribution >= 0.6 is 0 Å². The van der Waals surface area contributed by atoms with Gasteiger partial charge in [0.05, 0.1) is 0 Å². The van der Waals surface area contributed by atoms with Crippen molar-refractivity contribution in [2.75, 3.05) is 13.3 Å². The minimum absolute atomic E-state index is 0.0488. The second kappa shape index (κ2) is 6.38. The molecule has 1 fully saturated rings. The quantitative estimate of drug-likeness (QED) is 0.851. The summed E-state index contributed by atoms with van der Waals surface area (Å²) in [4.78, 5) is 19.4. The Labute approximate surface area is 145 Å². The molecule has 0 radical (unpaired) electrons. The molecule has 7 nitrogen and oxygen atoms in total. The van der Waals surface area contributed by atoms with Crippen molar-refractivity contribution < 1.29 is 18.8 Å². The number of carbonyl (C=O) groups excluding carboxylic acids is 1. The molecule has 0 saturated carbocycles. The average molecular weight is 343 g/mol. The molecule has 1 atom stereocenters. The van der Waals surface area contributed by atoms with E-state index in [-0.39, 0.29) is 24.7 Å². The largest absolute Gasteiger partial charge is 0.454 e. The number of amides is 1. The topological polar surface area (TPSA) is 77.7 Å². The molecular weight excluding hydrogens is 322 g/mol. The van der Waals surface area contributed by atoms with Gasteiger partial charge in [-0.2, -0.15) is 4.98 Å². The van der Waals surface area contributed by atoms with E-state index in [2.05, 4.69) is 10.1 Å². The fraction of sp³-hybridized carbons (Fsp3) is 0.500. The van der Waals surface area contributed by atoms with Crippen LogP contribution in [0.5, 0.6) is 11.5 Å². The fourth-order valence-corrected chi connectivity index (χ4v) is 3.24. The van der Waals surface area contributed by atoms with Crippen LogP contribution in [0.4, 0.5) is 0 Å². The zero-order valence-corrected chi connectivity index (χ0v) is 14.4. The standard InChI is InChI=1S/C18H21N3O4/c1-11(2)16-19-17(25-20-16)13-5-3-4-8-21(13)18(22)12-6-7-14-15(9-12)24-10-23-14/h6-7,9,11,13H,3-5,8,10H2,1-2H3/t13-/m1/s1. The number of hydrogen-bond donors (Lipinski definition) is 0. The number of fused-ring (bicyclic) bond motifs is 1. The van der Waals surface area contributed by atoms with E-state index >= 15 is 0 Å². The van der Waals surface area contributed by atoms with E-state index in [1.807, 2.05) is 18.7 Å². The highest BCUT2D eigenvalue weighted by molar-refractivity contribution is 5.95. The SMILES string of the molecule is CC(C)c1noc([C@H]2CCCCN2C(=O)c2ccc3c(c2)OCO3)n1. The zero-order chi connectivity index (χ0) is 17.4. The normalized spacial score (nSPS) is 19.5. The third-order valence-electron chi connectivity index (χ3n) is 4.64. The molecule has 0 aliphatic carbocycles. The number of hydrogen-bond acceptors (Lipinski definition) is 6. The van der Waals surface area contributed by atoms with Crippen molar-refractivity contribution in [2.24, 2.45) is 0 Å². The fourth-order valence-electron chi connectivity index (χ4n) is 3.24. The Balaban J connectivity index is 1.60. The Morgan fingerprint density at radius 2 is 2.08 bits per heavy atom. The molecule has 1 aromatic carbocycles. The van der Waals surface area contributed by atoms with E-state index in [4.69, 9.17) is 14.0 Å². The Morgan fingerprint density at radius 3 is 2.88 bits per heavy atom. The van der Waals surface area contributed by atoms with Crippen molar-refractivity contribution in [3.63, 3.8) is 0 Å². The van der Waals surface area contributed by atoms with Gasteiger partial charge in [0.1, 0.15) is 6.04 Å². The smallest absolute Gasteiger partial charge is 0.254 e. The maximum absolute atomic E-state index is 13.1. The summed E-state index contributed by atoms with van der Waals surface area (Å²) in [7, 11) is 0. The van der Waals surface area contributed by atoms with Crippen LogP contribution in [0.1, 0.15) is 67.1 Å². The number of aromatic nitrogens is 2. The zero-order valence-electron chi connectivity index (χ0n) is 14.4. The lowest BCUT2D eigenvalue weighted by atomic mass is 10.0. The minimum atomic E-state index is -0.174. The van der Waals surface area contributed by atoms with Crippen LogP contribution in [-0.2, 0) is 0 Å². The summed E-state index contributed by atoms with van der Waals surface area (Å²) in [5, 5.41) is 4.04. The van der Waals surface area contributed by atoms with Crippen molar-refractivity contribution in [3.8, 4) is 11.5 Å². The average Bonchev–Trinajstić information content (AvgIpc) is 3.29. The Morgan fingerprint density at radius 1 is 1.24 bits per heavy atom. The lowest BCUT2D eigenvalue weighted by Gasteiger charge is -2.33. The predicted molar refractivity (Wildman–Crippen MR) is 88.6 cm³/mol. The molecule has 7 heteroatoms. The molecule has 1 aromatic heterocycles. The Hall–Kier alpha value is -2.57.